The van der Waals surface area contributed by atoms with Crippen molar-refractivity contribution in [2.75, 3.05) is 13.2 Å². The van der Waals surface area contributed by atoms with Crippen LogP contribution in [0.25, 0.3) is 0 Å². The van der Waals surface area contributed by atoms with E-state index in [2.05, 4.69) is 20.7 Å². The normalized spacial score (nSPS) is 20.0. The highest BCUT2D eigenvalue weighted by molar-refractivity contribution is 14.0. The highest BCUT2D eigenvalue weighted by Gasteiger charge is 2.36. The Morgan fingerprint density at radius 2 is 1.97 bits per heavy atom. The average Bonchev–Trinajstić information content (AvgIpc) is 3.02. The molecule has 1 aromatic heterocycles. The van der Waals surface area contributed by atoms with Crippen LogP contribution in [0, 0.1) is 5.92 Å². The second kappa shape index (κ2) is 11.6. The molecule has 0 aliphatic heterocycles. The number of ether oxygens (including phenoxy) is 1. The van der Waals surface area contributed by atoms with E-state index in [9.17, 15) is 18.0 Å². The molecule has 0 unspecified atom stereocenters. The lowest BCUT2D eigenvalue weighted by Gasteiger charge is -2.29. The van der Waals surface area contributed by atoms with E-state index >= 15 is 0 Å². The fraction of sp³-hybridized carbons (Fsp3) is 0.722. The largest absolute Gasteiger partial charge is 0.466 e. The molecule has 2 N–H and O–H groups in total. The number of carbonyl (C=O) groups is 1. The molecule has 1 saturated carbocycles. The second-order valence-corrected chi connectivity index (χ2v) is 6.81. The summed E-state index contributed by atoms with van der Waals surface area (Å²) in [6, 6.07) is 0.111. The summed E-state index contributed by atoms with van der Waals surface area (Å²) in [7, 11) is 1.45. The average molecular weight is 531 g/mol. The van der Waals surface area contributed by atoms with E-state index in [1.54, 1.807) is 6.92 Å². The third-order valence-electron chi connectivity index (χ3n) is 4.61. The molecule has 0 aromatic carbocycles. The molecule has 1 aromatic rings. The van der Waals surface area contributed by atoms with Gasteiger partial charge in [0.2, 0.25) is 0 Å². The molecule has 0 amide bonds. The molecule has 1 fully saturated rings. The number of esters is 1. The molecule has 7 nitrogen and oxygen atoms in total. The van der Waals surface area contributed by atoms with Crippen molar-refractivity contribution in [3.8, 4) is 0 Å². The molecule has 0 bridgehead atoms. The molecule has 1 aliphatic carbocycles. The van der Waals surface area contributed by atoms with Gasteiger partial charge in [-0.25, -0.2) is 4.99 Å². The van der Waals surface area contributed by atoms with Crippen LogP contribution in [-0.4, -0.2) is 40.9 Å². The van der Waals surface area contributed by atoms with Crippen LogP contribution >= 0.6 is 24.0 Å². The van der Waals surface area contributed by atoms with Crippen LogP contribution in [0.4, 0.5) is 13.2 Å². The van der Waals surface area contributed by atoms with Gasteiger partial charge in [-0.05, 0) is 39.5 Å². The molecule has 0 radical (unpaired) electrons. The standard InChI is InChI=1S/C18H28F3N5O2.HI/c1-4-22-17(23-10-13-11-26(3)25-15(13)18(19,20)21)24-14-8-6-12(7-9-14)16(27)28-5-2;/h11-12,14H,4-10H2,1-3H3,(H2,22,23,24);1H. The summed E-state index contributed by atoms with van der Waals surface area (Å²) in [5, 5.41) is 9.82. The molecule has 0 spiro atoms. The molecule has 2 rings (SSSR count). The summed E-state index contributed by atoms with van der Waals surface area (Å²) in [5.74, 6) is 0.221. The third kappa shape index (κ3) is 7.67. The second-order valence-electron chi connectivity index (χ2n) is 6.81. The van der Waals surface area contributed by atoms with Crippen molar-refractivity contribution in [3.05, 3.63) is 17.5 Å². The zero-order chi connectivity index (χ0) is 20.7. The number of carbonyl (C=O) groups excluding carboxylic acids is 1. The number of hydrogen-bond donors (Lipinski definition) is 2. The van der Waals surface area contributed by atoms with Crippen LogP contribution in [0.5, 0.6) is 0 Å². The first-order chi connectivity index (χ1) is 13.2. The number of aliphatic imine (C=N–C) groups is 1. The lowest BCUT2D eigenvalue weighted by atomic mass is 9.86. The topological polar surface area (TPSA) is 80.5 Å². The highest BCUT2D eigenvalue weighted by atomic mass is 127. The number of halogens is 4. The van der Waals surface area contributed by atoms with Crippen molar-refractivity contribution >= 4 is 35.9 Å². The molecular weight excluding hydrogens is 502 g/mol. The Morgan fingerprint density at radius 1 is 1.31 bits per heavy atom. The summed E-state index contributed by atoms with van der Waals surface area (Å²) in [6.45, 7) is 4.51. The van der Waals surface area contributed by atoms with Gasteiger partial charge in [0.15, 0.2) is 11.7 Å². The van der Waals surface area contributed by atoms with E-state index in [-0.39, 0.29) is 54.0 Å². The van der Waals surface area contributed by atoms with Gasteiger partial charge >= 0.3 is 12.1 Å². The Bertz CT molecular complexity index is 686. The maximum Gasteiger partial charge on any atom is 0.435 e. The maximum atomic E-state index is 13.1. The van der Waals surface area contributed by atoms with E-state index < -0.39 is 11.9 Å². The summed E-state index contributed by atoms with van der Waals surface area (Å²) >= 11 is 0. The fourth-order valence-corrected chi connectivity index (χ4v) is 3.30. The van der Waals surface area contributed by atoms with E-state index in [0.717, 1.165) is 30.4 Å². The first kappa shape index (κ1) is 25.5. The van der Waals surface area contributed by atoms with Crippen LogP contribution in [0.1, 0.15) is 50.8 Å². The van der Waals surface area contributed by atoms with Gasteiger partial charge < -0.3 is 15.4 Å². The van der Waals surface area contributed by atoms with Crippen molar-refractivity contribution in [2.45, 2.75) is 58.3 Å². The van der Waals surface area contributed by atoms with Gasteiger partial charge in [0.1, 0.15) is 0 Å². The Kier molecular flexibility index (Phi) is 10.2. The van der Waals surface area contributed by atoms with E-state index in [1.165, 1.54) is 13.2 Å². The van der Waals surface area contributed by atoms with Crippen LogP contribution in [0.15, 0.2) is 11.2 Å². The zero-order valence-electron chi connectivity index (χ0n) is 16.9. The molecule has 166 valence electrons. The molecule has 0 atom stereocenters. The van der Waals surface area contributed by atoms with E-state index in [4.69, 9.17) is 4.74 Å². The summed E-state index contributed by atoms with van der Waals surface area (Å²) in [6.07, 6.45) is -0.194. The third-order valence-corrected chi connectivity index (χ3v) is 4.61. The molecule has 1 aliphatic rings. The van der Waals surface area contributed by atoms with Crippen molar-refractivity contribution in [3.63, 3.8) is 0 Å². The molecule has 29 heavy (non-hydrogen) atoms. The Balaban J connectivity index is 0.00000420. The van der Waals surface area contributed by atoms with Crippen LogP contribution < -0.4 is 10.6 Å². The monoisotopic (exact) mass is 531 g/mol. The van der Waals surface area contributed by atoms with Crippen molar-refractivity contribution < 1.29 is 22.7 Å². The minimum Gasteiger partial charge on any atom is -0.466 e. The molecular formula is C18H29F3IN5O2. The Morgan fingerprint density at radius 3 is 2.52 bits per heavy atom. The SMILES string of the molecule is CCNC(=NCc1cn(C)nc1C(F)(F)F)NC1CCC(C(=O)OCC)CC1.I. The molecule has 0 saturated heterocycles. The van der Waals surface area contributed by atoms with Crippen LogP contribution in [0.3, 0.4) is 0 Å². The minimum atomic E-state index is -4.51. The lowest BCUT2D eigenvalue weighted by molar-refractivity contribution is -0.149. The predicted molar refractivity (Wildman–Crippen MR) is 114 cm³/mol. The highest BCUT2D eigenvalue weighted by Crippen LogP contribution is 2.31. The predicted octanol–water partition coefficient (Wildman–Crippen LogP) is 3.23. The number of nitrogens with one attached hydrogen (secondary N) is 2. The Hall–Kier alpha value is -1.53. The van der Waals surface area contributed by atoms with Crippen molar-refractivity contribution in [1.82, 2.24) is 20.4 Å². The van der Waals surface area contributed by atoms with Crippen molar-refractivity contribution in [1.29, 1.82) is 0 Å². The summed E-state index contributed by atoms with van der Waals surface area (Å²) in [4.78, 5) is 16.1. The van der Waals surface area contributed by atoms with Gasteiger partial charge in [-0.15, -0.1) is 24.0 Å². The summed E-state index contributed by atoms with van der Waals surface area (Å²) < 4.78 is 45.4. The zero-order valence-corrected chi connectivity index (χ0v) is 19.2. The first-order valence-electron chi connectivity index (χ1n) is 9.55. The number of aryl methyl sites for hydroxylation is 1. The van der Waals surface area contributed by atoms with Crippen LogP contribution in [0.2, 0.25) is 0 Å². The minimum absolute atomic E-state index is 0. The van der Waals surface area contributed by atoms with Gasteiger partial charge in [-0.1, -0.05) is 0 Å². The fourth-order valence-electron chi connectivity index (χ4n) is 3.30. The van der Waals surface area contributed by atoms with Gasteiger partial charge in [-0.2, -0.15) is 18.3 Å². The smallest absolute Gasteiger partial charge is 0.435 e. The molecule has 11 heteroatoms. The van der Waals surface area contributed by atoms with Gasteiger partial charge in [0.05, 0.1) is 19.1 Å². The summed E-state index contributed by atoms with van der Waals surface area (Å²) in [5.41, 5.74) is -0.886. The number of hydrogen-bond acceptors (Lipinski definition) is 4. The van der Waals surface area contributed by atoms with Crippen molar-refractivity contribution in [2.24, 2.45) is 18.0 Å². The number of alkyl halides is 3. The Labute approximate surface area is 185 Å². The lowest BCUT2D eigenvalue weighted by Crippen LogP contribution is -2.45. The maximum absolute atomic E-state index is 13.1. The van der Waals surface area contributed by atoms with E-state index in [1.807, 2.05) is 6.92 Å². The van der Waals surface area contributed by atoms with Gasteiger partial charge in [0.25, 0.3) is 0 Å². The number of rotatable bonds is 6. The number of guanidine groups is 1. The number of aromatic nitrogens is 2. The quantitative estimate of drug-likeness (QED) is 0.255. The first-order valence-corrected chi connectivity index (χ1v) is 9.55. The molecule has 1 heterocycles. The van der Waals surface area contributed by atoms with E-state index in [0.29, 0.717) is 19.1 Å². The van der Waals surface area contributed by atoms with Gasteiger partial charge in [0, 0.05) is 31.4 Å². The number of nitrogens with zero attached hydrogens (tertiary/aromatic N) is 3. The van der Waals surface area contributed by atoms with Crippen LogP contribution in [-0.2, 0) is 29.3 Å². The van der Waals surface area contributed by atoms with Gasteiger partial charge in [-0.3, -0.25) is 9.48 Å².